The highest BCUT2D eigenvalue weighted by Gasteiger charge is 2.17. The number of anilines is 1. The van der Waals surface area contributed by atoms with Gasteiger partial charge in [0, 0.05) is 22.9 Å². The Balaban J connectivity index is 1.55. The van der Waals surface area contributed by atoms with E-state index >= 15 is 0 Å². The molecule has 1 amide bonds. The monoisotopic (exact) mass is 457 g/mol. The average Bonchev–Trinajstić information content (AvgIpc) is 3.39. The van der Waals surface area contributed by atoms with Crippen LogP contribution in [0.1, 0.15) is 5.56 Å². The second kappa shape index (κ2) is 8.63. The lowest BCUT2D eigenvalue weighted by Crippen LogP contribution is -2.21. The first-order valence-corrected chi connectivity index (χ1v) is 11.8. The molecule has 0 bridgehead atoms. The van der Waals surface area contributed by atoms with Crippen molar-refractivity contribution in [2.24, 2.45) is 7.05 Å². The van der Waals surface area contributed by atoms with Crippen molar-refractivity contribution in [1.29, 1.82) is 0 Å². The van der Waals surface area contributed by atoms with Crippen molar-refractivity contribution < 1.29 is 9.53 Å². The Bertz CT molecular complexity index is 1280. The first-order valence-electron chi connectivity index (χ1n) is 9.07. The van der Waals surface area contributed by atoms with Crippen LogP contribution in [0.2, 0.25) is 0 Å². The third-order valence-electron chi connectivity index (χ3n) is 4.52. The number of thiophene rings is 2. The van der Waals surface area contributed by atoms with Crippen molar-refractivity contribution >= 4 is 56.2 Å². The fourth-order valence-electron chi connectivity index (χ4n) is 3.03. The minimum Gasteiger partial charge on any atom is -0.495 e. The topological polar surface area (TPSA) is 73.2 Å². The summed E-state index contributed by atoms with van der Waals surface area (Å²) in [4.78, 5) is 31.8. The molecule has 0 aliphatic rings. The van der Waals surface area contributed by atoms with Gasteiger partial charge in [0.1, 0.15) is 10.6 Å². The van der Waals surface area contributed by atoms with Crippen LogP contribution in [0.4, 0.5) is 5.69 Å². The molecule has 3 heterocycles. The molecule has 4 aromatic rings. The van der Waals surface area contributed by atoms with Gasteiger partial charge in [0.25, 0.3) is 5.56 Å². The van der Waals surface area contributed by atoms with Crippen LogP contribution in [0.15, 0.2) is 51.0 Å². The van der Waals surface area contributed by atoms with E-state index in [9.17, 15) is 9.59 Å². The fourth-order valence-corrected chi connectivity index (χ4v) is 5.61. The molecule has 0 saturated heterocycles. The maximum absolute atomic E-state index is 13.0. The van der Waals surface area contributed by atoms with Gasteiger partial charge in [-0.1, -0.05) is 23.9 Å². The molecule has 30 heavy (non-hydrogen) atoms. The van der Waals surface area contributed by atoms with Gasteiger partial charge in [0.15, 0.2) is 5.16 Å². The summed E-state index contributed by atoms with van der Waals surface area (Å²) < 4.78 is 6.81. The van der Waals surface area contributed by atoms with Crippen molar-refractivity contribution in [3.63, 3.8) is 0 Å². The van der Waals surface area contributed by atoms with E-state index in [0.29, 0.717) is 26.8 Å². The Morgan fingerprint density at radius 2 is 2.13 bits per heavy atom. The number of ether oxygens (including phenoxy) is 1. The molecule has 0 spiro atoms. The summed E-state index contributed by atoms with van der Waals surface area (Å²) in [7, 11) is 3.25. The van der Waals surface area contributed by atoms with Crippen molar-refractivity contribution in [3.8, 4) is 16.2 Å². The second-order valence-electron chi connectivity index (χ2n) is 6.61. The zero-order valence-corrected chi connectivity index (χ0v) is 19.0. The highest BCUT2D eigenvalue weighted by atomic mass is 32.2. The van der Waals surface area contributed by atoms with E-state index in [1.807, 2.05) is 48.0 Å². The molecule has 4 rings (SSSR count). The van der Waals surface area contributed by atoms with Gasteiger partial charge in [-0.15, -0.1) is 22.7 Å². The number of thioether (sulfide) groups is 1. The molecule has 0 aliphatic carbocycles. The Morgan fingerprint density at radius 1 is 1.30 bits per heavy atom. The van der Waals surface area contributed by atoms with Gasteiger partial charge in [-0.3, -0.25) is 14.2 Å². The number of fused-ring (bicyclic) bond motifs is 1. The lowest BCUT2D eigenvalue weighted by Gasteiger charge is -2.11. The SMILES string of the molecule is COc1ccc(C)cc1NC(=O)CSc1nc2scc(-c3cccs3)c2c(=O)n1C. The van der Waals surface area contributed by atoms with E-state index in [2.05, 4.69) is 10.3 Å². The van der Waals surface area contributed by atoms with Crippen LogP contribution in [0.25, 0.3) is 20.7 Å². The van der Waals surface area contributed by atoms with Gasteiger partial charge >= 0.3 is 0 Å². The predicted octanol–water partition coefficient (Wildman–Crippen LogP) is 4.77. The molecule has 0 radical (unpaired) electrons. The van der Waals surface area contributed by atoms with Gasteiger partial charge in [-0.2, -0.15) is 0 Å². The fraction of sp³-hybridized carbons (Fsp3) is 0.190. The summed E-state index contributed by atoms with van der Waals surface area (Å²) in [5.74, 6) is 0.542. The molecular formula is C21H19N3O3S3. The lowest BCUT2D eigenvalue weighted by atomic mass is 10.2. The molecule has 0 atom stereocenters. The van der Waals surface area contributed by atoms with E-state index in [1.165, 1.54) is 27.7 Å². The standard InChI is InChI=1S/C21H19N3O3S3/c1-12-6-7-15(27-3)14(9-12)22-17(25)11-30-21-23-19-18(20(26)24(21)2)13(10-29-19)16-5-4-8-28-16/h4-10H,11H2,1-3H3,(H,22,25). The Morgan fingerprint density at radius 3 is 2.87 bits per heavy atom. The van der Waals surface area contributed by atoms with E-state index < -0.39 is 0 Å². The molecule has 0 fully saturated rings. The first kappa shape index (κ1) is 20.6. The summed E-state index contributed by atoms with van der Waals surface area (Å²) in [6, 6.07) is 9.56. The number of benzene rings is 1. The summed E-state index contributed by atoms with van der Waals surface area (Å²) in [6.45, 7) is 1.95. The van der Waals surface area contributed by atoms with Crippen LogP contribution in [0.5, 0.6) is 5.75 Å². The Labute approximate surface area is 185 Å². The van der Waals surface area contributed by atoms with E-state index in [1.54, 1.807) is 25.5 Å². The van der Waals surface area contributed by atoms with Crippen molar-refractivity contribution in [2.45, 2.75) is 12.1 Å². The molecule has 0 unspecified atom stereocenters. The van der Waals surface area contributed by atoms with Crippen LogP contribution in [0.3, 0.4) is 0 Å². The quantitative estimate of drug-likeness (QED) is 0.333. The van der Waals surface area contributed by atoms with E-state index in [4.69, 9.17) is 4.74 Å². The number of nitrogens with one attached hydrogen (secondary N) is 1. The Kier molecular flexibility index (Phi) is 5.94. The predicted molar refractivity (Wildman–Crippen MR) is 125 cm³/mol. The van der Waals surface area contributed by atoms with Crippen LogP contribution in [0, 0.1) is 6.92 Å². The first-order chi connectivity index (χ1) is 14.5. The van der Waals surface area contributed by atoms with Crippen molar-refractivity contribution in [3.05, 3.63) is 57.0 Å². The van der Waals surface area contributed by atoms with Crippen LogP contribution >= 0.6 is 34.4 Å². The van der Waals surface area contributed by atoms with Crippen LogP contribution in [-0.2, 0) is 11.8 Å². The average molecular weight is 458 g/mol. The molecule has 6 nitrogen and oxygen atoms in total. The number of aryl methyl sites for hydroxylation is 1. The molecule has 1 N–H and O–H groups in total. The molecule has 1 aromatic carbocycles. The number of amides is 1. The molecule has 3 aromatic heterocycles. The van der Waals surface area contributed by atoms with E-state index in [0.717, 1.165) is 16.0 Å². The number of hydrogen-bond acceptors (Lipinski definition) is 7. The highest BCUT2D eigenvalue weighted by molar-refractivity contribution is 7.99. The second-order valence-corrected chi connectivity index (χ2v) is 9.35. The van der Waals surface area contributed by atoms with Gasteiger partial charge in [0.05, 0.1) is 23.9 Å². The maximum atomic E-state index is 13.0. The summed E-state index contributed by atoms with van der Waals surface area (Å²) in [5, 5.41) is 7.97. The number of hydrogen-bond donors (Lipinski definition) is 1. The zero-order valence-electron chi connectivity index (χ0n) is 16.6. The summed E-state index contributed by atoms with van der Waals surface area (Å²) >= 11 is 4.28. The van der Waals surface area contributed by atoms with Crippen molar-refractivity contribution in [2.75, 3.05) is 18.2 Å². The van der Waals surface area contributed by atoms with Crippen LogP contribution in [-0.4, -0.2) is 28.3 Å². The number of carbonyl (C=O) groups is 1. The Hall–Kier alpha value is -2.62. The maximum Gasteiger partial charge on any atom is 0.263 e. The van der Waals surface area contributed by atoms with Gasteiger partial charge < -0.3 is 10.1 Å². The van der Waals surface area contributed by atoms with Gasteiger partial charge in [-0.05, 0) is 36.1 Å². The molecule has 154 valence electrons. The number of aromatic nitrogens is 2. The molecular weight excluding hydrogens is 438 g/mol. The highest BCUT2D eigenvalue weighted by Crippen LogP contribution is 2.34. The minimum absolute atomic E-state index is 0.104. The third-order valence-corrected chi connectivity index (χ3v) is 7.33. The van der Waals surface area contributed by atoms with Gasteiger partial charge in [0.2, 0.25) is 5.91 Å². The molecule has 9 heteroatoms. The normalized spacial score (nSPS) is 11.0. The van der Waals surface area contributed by atoms with Crippen molar-refractivity contribution in [1.82, 2.24) is 9.55 Å². The number of rotatable bonds is 6. The number of methoxy groups -OCH3 is 1. The molecule has 0 saturated carbocycles. The number of carbonyl (C=O) groups excluding carboxylic acids is 1. The molecule has 0 aliphatic heterocycles. The van der Waals surface area contributed by atoms with Gasteiger partial charge in [-0.25, -0.2) is 4.98 Å². The number of nitrogens with zero attached hydrogens (tertiary/aromatic N) is 2. The summed E-state index contributed by atoms with van der Waals surface area (Å²) in [6.07, 6.45) is 0. The van der Waals surface area contributed by atoms with Crippen LogP contribution < -0.4 is 15.6 Å². The van der Waals surface area contributed by atoms with E-state index in [-0.39, 0.29) is 17.2 Å². The lowest BCUT2D eigenvalue weighted by molar-refractivity contribution is -0.113. The summed E-state index contributed by atoms with van der Waals surface area (Å²) in [5.41, 5.74) is 2.46. The smallest absolute Gasteiger partial charge is 0.263 e. The zero-order chi connectivity index (χ0) is 21.3. The minimum atomic E-state index is -0.191. The largest absolute Gasteiger partial charge is 0.495 e. The third kappa shape index (κ3) is 4.00.